The molecule has 1 unspecified atom stereocenters. The molecule has 0 spiro atoms. The summed E-state index contributed by atoms with van der Waals surface area (Å²) in [5.41, 5.74) is 1.50. The molecule has 1 aliphatic heterocycles. The summed E-state index contributed by atoms with van der Waals surface area (Å²) in [6.45, 7) is 4.01. The second-order valence-corrected chi connectivity index (χ2v) is 5.18. The van der Waals surface area contributed by atoms with E-state index in [0.29, 0.717) is 11.6 Å². The van der Waals surface area contributed by atoms with Crippen molar-refractivity contribution in [3.05, 3.63) is 11.3 Å². The third-order valence-electron chi connectivity index (χ3n) is 3.82. The number of nitrogens with zero attached hydrogens (tertiary/aromatic N) is 5. The molecule has 18 heavy (non-hydrogen) atoms. The van der Waals surface area contributed by atoms with Crippen LogP contribution in [0, 0.1) is 18.3 Å². The number of aryl methyl sites for hydroxylation is 2. The van der Waals surface area contributed by atoms with Crippen molar-refractivity contribution in [2.75, 3.05) is 32.1 Å². The maximum absolute atomic E-state index is 9.23. The number of hydrogen-bond acceptors (Lipinski definition) is 4. The Morgan fingerprint density at radius 1 is 1.50 bits per heavy atom. The van der Waals surface area contributed by atoms with Gasteiger partial charge in [-0.3, -0.25) is 4.68 Å². The fraction of sp³-hybridized carbons (Fsp3) is 0.692. The van der Waals surface area contributed by atoms with Gasteiger partial charge in [-0.05, 0) is 33.4 Å². The van der Waals surface area contributed by atoms with Gasteiger partial charge in [0.2, 0.25) is 0 Å². The molecule has 0 radical (unpaired) electrons. The Labute approximate surface area is 109 Å². The molecule has 1 aromatic heterocycles. The van der Waals surface area contributed by atoms with E-state index in [9.17, 15) is 5.26 Å². The zero-order chi connectivity index (χ0) is 13.3. The fourth-order valence-electron chi connectivity index (χ4n) is 2.83. The van der Waals surface area contributed by atoms with Crippen molar-refractivity contribution < 1.29 is 0 Å². The Hall–Kier alpha value is -1.54. The Morgan fingerprint density at radius 2 is 2.22 bits per heavy atom. The summed E-state index contributed by atoms with van der Waals surface area (Å²) in [6, 6.07) is 2.84. The van der Waals surface area contributed by atoms with Crippen molar-refractivity contribution >= 4 is 5.82 Å². The summed E-state index contributed by atoms with van der Waals surface area (Å²) < 4.78 is 1.81. The van der Waals surface area contributed by atoms with E-state index in [1.807, 2.05) is 25.7 Å². The second-order valence-electron chi connectivity index (χ2n) is 5.18. The van der Waals surface area contributed by atoms with Crippen LogP contribution in [-0.4, -0.2) is 47.9 Å². The standard InChI is InChI=1S/C13H21N5/c1-10-12(8-14)13(18(4)15-10)17(3)9-11-6-5-7-16(11)2/h11H,5-7,9H2,1-4H3. The highest BCUT2D eigenvalue weighted by Crippen LogP contribution is 2.23. The topological polar surface area (TPSA) is 48.1 Å². The Morgan fingerprint density at radius 3 is 2.78 bits per heavy atom. The number of likely N-dealkylation sites (tertiary alicyclic amines) is 1. The van der Waals surface area contributed by atoms with E-state index in [1.165, 1.54) is 19.4 Å². The van der Waals surface area contributed by atoms with Gasteiger partial charge in [0.15, 0.2) is 0 Å². The predicted octanol–water partition coefficient (Wildman–Crippen LogP) is 1.13. The Bertz CT molecular complexity index is 470. The van der Waals surface area contributed by atoms with E-state index in [-0.39, 0.29) is 0 Å². The van der Waals surface area contributed by atoms with Gasteiger partial charge in [-0.2, -0.15) is 10.4 Å². The van der Waals surface area contributed by atoms with E-state index >= 15 is 0 Å². The molecule has 1 atom stereocenters. The average molecular weight is 247 g/mol. The first-order valence-electron chi connectivity index (χ1n) is 6.39. The van der Waals surface area contributed by atoms with E-state index < -0.39 is 0 Å². The van der Waals surface area contributed by atoms with Crippen LogP contribution in [0.25, 0.3) is 0 Å². The molecule has 1 fully saturated rings. The molecule has 2 heterocycles. The van der Waals surface area contributed by atoms with Gasteiger partial charge in [0.25, 0.3) is 0 Å². The van der Waals surface area contributed by atoms with Crippen LogP contribution in [0.5, 0.6) is 0 Å². The molecule has 0 bridgehead atoms. The van der Waals surface area contributed by atoms with Gasteiger partial charge in [0.05, 0.1) is 5.69 Å². The first-order chi connectivity index (χ1) is 8.54. The molecular weight excluding hydrogens is 226 g/mol. The normalized spacial score (nSPS) is 20.1. The van der Waals surface area contributed by atoms with Gasteiger partial charge in [0.1, 0.15) is 17.5 Å². The monoisotopic (exact) mass is 247 g/mol. The lowest BCUT2D eigenvalue weighted by molar-refractivity contribution is 0.313. The van der Waals surface area contributed by atoms with Crippen molar-refractivity contribution in [2.45, 2.75) is 25.8 Å². The molecule has 1 aliphatic rings. The third kappa shape index (κ3) is 2.21. The maximum Gasteiger partial charge on any atom is 0.144 e. The number of nitriles is 1. The maximum atomic E-state index is 9.23. The number of anilines is 1. The van der Waals surface area contributed by atoms with Gasteiger partial charge in [-0.1, -0.05) is 0 Å². The van der Waals surface area contributed by atoms with Gasteiger partial charge in [-0.25, -0.2) is 0 Å². The number of likely N-dealkylation sites (N-methyl/N-ethyl adjacent to an activating group) is 2. The van der Waals surface area contributed by atoms with Crippen molar-refractivity contribution in [2.24, 2.45) is 7.05 Å². The Kier molecular flexibility index (Phi) is 3.58. The Balaban J connectivity index is 2.18. The van der Waals surface area contributed by atoms with Crippen LogP contribution in [0.15, 0.2) is 0 Å². The van der Waals surface area contributed by atoms with E-state index in [2.05, 4.69) is 28.0 Å². The van der Waals surface area contributed by atoms with Crippen LogP contribution >= 0.6 is 0 Å². The predicted molar refractivity (Wildman–Crippen MR) is 71.6 cm³/mol. The molecule has 2 rings (SSSR count). The van der Waals surface area contributed by atoms with Crippen molar-refractivity contribution in [1.29, 1.82) is 5.26 Å². The minimum absolute atomic E-state index is 0.580. The molecule has 0 N–H and O–H groups in total. The summed E-state index contributed by atoms with van der Waals surface area (Å²) >= 11 is 0. The first-order valence-corrected chi connectivity index (χ1v) is 6.39. The molecule has 5 nitrogen and oxygen atoms in total. The summed E-state index contributed by atoms with van der Waals surface area (Å²) in [7, 11) is 6.12. The lowest BCUT2D eigenvalue weighted by Crippen LogP contribution is -2.37. The van der Waals surface area contributed by atoms with Gasteiger partial charge < -0.3 is 9.80 Å². The minimum atomic E-state index is 0.580. The van der Waals surface area contributed by atoms with Gasteiger partial charge in [-0.15, -0.1) is 0 Å². The van der Waals surface area contributed by atoms with Crippen LogP contribution in [0.4, 0.5) is 5.82 Å². The molecule has 0 aromatic carbocycles. The van der Waals surface area contributed by atoms with Gasteiger partial charge >= 0.3 is 0 Å². The minimum Gasteiger partial charge on any atom is -0.357 e. The molecule has 0 amide bonds. The first kappa shape index (κ1) is 12.9. The number of hydrogen-bond donors (Lipinski definition) is 0. The number of rotatable bonds is 3. The number of aromatic nitrogens is 2. The molecular formula is C13H21N5. The van der Waals surface area contributed by atoms with E-state index in [4.69, 9.17) is 0 Å². The van der Waals surface area contributed by atoms with E-state index in [1.54, 1.807) is 0 Å². The summed E-state index contributed by atoms with van der Waals surface area (Å²) in [5, 5.41) is 13.6. The highest BCUT2D eigenvalue weighted by molar-refractivity contribution is 5.56. The molecule has 1 saturated heterocycles. The summed E-state index contributed by atoms with van der Waals surface area (Å²) in [6.07, 6.45) is 2.50. The van der Waals surface area contributed by atoms with E-state index in [0.717, 1.165) is 18.1 Å². The zero-order valence-corrected chi connectivity index (χ0v) is 11.6. The SMILES string of the molecule is Cc1nn(C)c(N(C)CC2CCCN2C)c1C#N. The molecule has 0 saturated carbocycles. The highest BCUT2D eigenvalue weighted by Gasteiger charge is 2.25. The molecule has 98 valence electrons. The van der Waals surface area contributed by atoms with Crippen LogP contribution in [0.3, 0.4) is 0 Å². The zero-order valence-electron chi connectivity index (χ0n) is 11.6. The lowest BCUT2D eigenvalue weighted by Gasteiger charge is -2.27. The van der Waals surface area contributed by atoms with Crippen molar-refractivity contribution in [3.8, 4) is 6.07 Å². The molecule has 0 aliphatic carbocycles. The highest BCUT2D eigenvalue weighted by atomic mass is 15.4. The smallest absolute Gasteiger partial charge is 0.144 e. The van der Waals surface area contributed by atoms with Crippen LogP contribution in [0.2, 0.25) is 0 Å². The fourth-order valence-corrected chi connectivity index (χ4v) is 2.83. The average Bonchev–Trinajstić information content (AvgIpc) is 2.82. The quantitative estimate of drug-likeness (QED) is 0.803. The van der Waals surface area contributed by atoms with Crippen LogP contribution in [0.1, 0.15) is 24.1 Å². The molecule has 5 heteroatoms. The summed E-state index contributed by atoms with van der Waals surface area (Å²) in [4.78, 5) is 4.55. The van der Waals surface area contributed by atoms with Gasteiger partial charge in [0, 0.05) is 26.7 Å². The van der Waals surface area contributed by atoms with Crippen molar-refractivity contribution in [1.82, 2.24) is 14.7 Å². The van der Waals surface area contributed by atoms with Crippen LogP contribution in [-0.2, 0) is 7.05 Å². The lowest BCUT2D eigenvalue weighted by atomic mass is 10.2. The second kappa shape index (κ2) is 4.99. The summed E-state index contributed by atoms with van der Waals surface area (Å²) in [5.74, 6) is 0.926. The van der Waals surface area contributed by atoms with Crippen LogP contribution < -0.4 is 4.90 Å². The molecule has 1 aromatic rings. The largest absolute Gasteiger partial charge is 0.357 e. The third-order valence-corrected chi connectivity index (χ3v) is 3.82. The van der Waals surface area contributed by atoms with Crippen molar-refractivity contribution in [3.63, 3.8) is 0 Å².